The minimum atomic E-state index is -0.960. The lowest BCUT2D eigenvalue weighted by Crippen LogP contribution is -2.01. The molecule has 0 bridgehead atoms. The first-order valence-corrected chi connectivity index (χ1v) is 10.0. The van der Waals surface area contributed by atoms with Crippen LogP contribution in [0.15, 0.2) is 60.0 Å². The number of aryl methyl sites for hydroxylation is 1. The highest BCUT2D eigenvalue weighted by Gasteiger charge is 2.14. The van der Waals surface area contributed by atoms with Crippen LogP contribution < -0.4 is 0 Å². The van der Waals surface area contributed by atoms with Gasteiger partial charge in [0.1, 0.15) is 0 Å². The number of thioether (sulfide) groups is 1. The van der Waals surface area contributed by atoms with Crippen molar-refractivity contribution in [3.63, 3.8) is 0 Å². The Labute approximate surface area is 166 Å². The third-order valence-electron chi connectivity index (χ3n) is 4.62. The van der Waals surface area contributed by atoms with E-state index in [0.717, 1.165) is 33.5 Å². The number of carboxylic acids is 1. The van der Waals surface area contributed by atoms with Crippen LogP contribution in [-0.4, -0.2) is 36.9 Å². The van der Waals surface area contributed by atoms with Crippen LogP contribution in [0.4, 0.5) is 0 Å². The van der Waals surface area contributed by atoms with Gasteiger partial charge in [-0.05, 0) is 42.5 Å². The van der Waals surface area contributed by atoms with Gasteiger partial charge in [-0.25, -0.2) is 14.8 Å². The number of carbonyl (C=O) groups is 1. The smallest absolute Gasteiger partial charge is 0.335 e. The Morgan fingerprint density at radius 2 is 1.93 bits per heavy atom. The Bertz CT molecular complexity index is 1170. The van der Waals surface area contributed by atoms with Crippen LogP contribution in [0.3, 0.4) is 0 Å². The van der Waals surface area contributed by atoms with Gasteiger partial charge in [-0.15, -0.1) is 11.8 Å². The Morgan fingerprint density at radius 1 is 1.14 bits per heavy atom. The molecule has 28 heavy (non-hydrogen) atoms. The van der Waals surface area contributed by atoms with E-state index in [1.165, 1.54) is 5.56 Å². The summed E-state index contributed by atoms with van der Waals surface area (Å²) in [6, 6.07) is 9.13. The molecular weight excluding hydrogens is 372 g/mol. The minimum absolute atomic E-state index is 0.233. The molecule has 0 radical (unpaired) electrons. The monoisotopic (exact) mass is 390 g/mol. The van der Waals surface area contributed by atoms with E-state index in [2.05, 4.69) is 21.9 Å². The van der Waals surface area contributed by atoms with E-state index in [1.54, 1.807) is 42.5 Å². The molecular formula is C21H18N4O2S. The van der Waals surface area contributed by atoms with Crippen molar-refractivity contribution in [3.8, 4) is 17.2 Å². The van der Waals surface area contributed by atoms with Crippen LogP contribution in [0.1, 0.15) is 22.8 Å². The molecule has 1 N–H and O–H groups in total. The number of carboxylic acid groups (broad SMARTS) is 1. The molecule has 140 valence electrons. The van der Waals surface area contributed by atoms with E-state index in [9.17, 15) is 9.90 Å². The van der Waals surface area contributed by atoms with Gasteiger partial charge in [-0.1, -0.05) is 13.0 Å². The SMILES string of the molecule is CCc1ccnc(-c2cnc(-n3cc(SC)c4ccc(C(=O)O)cc43)nc2)c1. The molecule has 0 fully saturated rings. The summed E-state index contributed by atoms with van der Waals surface area (Å²) in [5.41, 5.74) is 3.88. The van der Waals surface area contributed by atoms with Gasteiger partial charge < -0.3 is 5.11 Å². The zero-order valence-electron chi connectivity index (χ0n) is 15.5. The molecule has 1 aromatic carbocycles. The molecule has 6 nitrogen and oxygen atoms in total. The molecule has 3 heterocycles. The summed E-state index contributed by atoms with van der Waals surface area (Å²) in [7, 11) is 0. The maximum absolute atomic E-state index is 11.4. The van der Waals surface area contributed by atoms with Crippen molar-refractivity contribution in [2.75, 3.05) is 6.26 Å². The minimum Gasteiger partial charge on any atom is -0.478 e. The molecule has 0 saturated carbocycles. The van der Waals surface area contributed by atoms with Crippen molar-refractivity contribution in [1.82, 2.24) is 19.5 Å². The molecule has 0 aliphatic carbocycles. The fourth-order valence-electron chi connectivity index (χ4n) is 3.09. The molecule has 0 amide bonds. The third-order valence-corrected chi connectivity index (χ3v) is 5.38. The van der Waals surface area contributed by atoms with Crippen LogP contribution in [-0.2, 0) is 6.42 Å². The molecule has 0 atom stereocenters. The van der Waals surface area contributed by atoms with Gasteiger partial charge in [0, 0.05) is 40.6 Å². The van der Waals surface area contributed by atoms with Crippen molar-refractivity contribution >= 4 is 28.6 Å². The summed E-state index contributed by atoms with van der Waals surface area (Å²) in [5, 5.41) is 10.3. The van der Waals surface area contributed by atoms with Crippen molar-refractivity contribution in [2.24, 2.45) is 0 Å². The fourth-order valence-corrected chi connectivity index (χ4v) is 3.69. The number of benzene rings is 1. The lowest BCUT2D eigenvalue weighted by atomic mass is 10.1. The van der Waals surface area contributed by atoms with Crippen LogP contribution >= 0.6 is 11.8 Å². The Balaban J connectivity index is 1.79. The molecule has 4 rings (SSSR count). The highest BCUT2D eigenvalue weighted by atomic mass is 32.2. The summed E-state index contributed by atoms with van der Waals surface area (Å²) in [6.07, 6.45) is 10.1. The molecule has 0 spiro atoms. The van der Waals surface area contributed by atoms with E-state index < -0.39 is 5.97 Å². The number of rotatable bonds is 5. The standard InChI is InChI=1S/C21H18N4O2S/c1-3-13-6-7-22-17(8-13)15-10-23-21(24-11-15)25-12-19(28-2)16-5-4-14(20(26)27)9-18(16)25/h4-12H,3H2,1-2H3,(H,26,27). The molecule has 4 aromatic rings. The van der Waals surface area contributed by atoms with Crippen LogP contribution in [0, 0.1) is 0 Å². The predicted octanol–water partition coefficient (Wildman–Crippen LogP) is 4.47. The summed E-state index contributed by atoms with van der Waals surface area (Å²) in [4.78, 5) is 25.8. The van der Waals surface area contributed by atoms with Gasteiger partial charge >= 0.3 is 5.97 Å². The van der Waals surface area contributed by atoms with Gasteiger partial charge in [-0.3, -0.25) is 9.55 Å². The van der Waals surface area contributed by atoms with Gasteiger partial charge in [0.05, 0.1) is 16.8 Å². The summed E-state index contributed by atoms with van der Waals surface area (Å²) in [5.74, 6) is -0.471. The molecule has 0 unspecified atom stereocenters. The van der Waals surface area contributed by atoms with E-state index in [4.69, 9.17) is 0 Å². The van der Waals surface area contributed by atoms with Crippen LogP contribution in [0.2, 0.25) is 0 Å². The van der Waals surface area contributed by atoms with Crippen LogP contribution in [0.25, 0.3) is 28.1 Å². The van der Waals surface area contributed by atoms with Crippen LogP contribution in [0.5, 0.6) is 0 Å². The number of aromatic nitrogens is 4. The Morgan fingerprint density at radius 3 is 2.61 bits per heavy atom. The largest absolute Gasteiger partial charge is 0.478 e. The molecule has 0 aliphatic heterocycles. The summed E-state index contributed by atoms with van der Waals surface area (Å²) < 4.78 is 1.83. The van der Waals surface area contributed by atoms with Crippen molar-refractivity contribution < 1.29 is 9.90 Å². The van der Waals surface area contributed by atoms with Gasteiger partial charge in [0.15, 0.2) is 0 Å². The van der Waals surface area contributed by atoms with E-state index in [-0.39, 0.29) is 5.56 Å². The molecule has 0 saturated heterocycles. The maximum atomic E-state index is 11.4. The highest BCUT2D eigenvalue weighted by molar-refractivity contribution is 7.98. The second-order valence-electron chi connectivity index (χ2n) is 6.28. The molecule has 7 heteroatoms. The van der Waals surface area contributed by atoms with Gasteiger partial charge in [-0.2, -0.15) is 0 Å². The fraction of sp³-hybridized carbons (Fsp3) is 0.143. The zero-order valence-corrected chi connectivity index (χ0v) is 16.3. The Kier molecular flexibility index (Phi) is 4.83. The topological polar surface area (TPSA) is 80.9 Å². The molecule has 0 aliphatic rings. The Hall–Kier alpha value is -3.19. The lowest BCUT2D eigenvalue weighted by Gasteiger charge is -2.06. The van der Waals surface area contributed by atoms with E-state index >= 15 is 0 Å². The van der Waals surface area contributed by atoms with E-state index in [1.807, 2.05) is 35.2 Å². The number of aromatic carboxylic acids is 1. The number of hydrogen-bond donors (Lipinski definition) is 1. The average Bonchev–Trinajstić information content (AvgIpc) is 3.12. The van der Waals surface area contributed by atoms with Gasteiger partial charge in [0.25, 0.3) is 0 Å². The lowest BCUT2D eigenvalue weighted by molar-refractivity contribution is 0.0697. The highest BCUT2D eigenvalue weighted by Crippen LogP contribution is 2.31. The normalized spacial score (nSPS) is 11.1. The number of pyridine rings is 1. The molecule has 3 aromatic heterocycles. The second kappa shape index (κ2) is 7.44. The average molecular weight is 390 g/mol. The van der Waals surface area contributed by atoms with Crippen molar-refractivity contribution in [3.05, 3.63) is 66.2 Å². The number of nitrogens with zero attached hydrogens (tertiary/aromatic N) is 4. The summed E-state index contributed by atoms with van der Waals surface area (Å²) >= 11 is 1.60. The first-order valence-electron chi connectivity index (χ1n) is 8.81. The maximum Gasteiger partial charge on any atom is 0.335 e. The predicted molar refractivity (Wildman–Crippen MR) is 110 cm³/mol. The van der Waals surface area contributed by atoms with Crippen molar-refractivity contribution in [1.29, 1.82) is 0 Å². The first kappa shape index (κ1) is 18.2. The summed E-state index contributed by atoms with van der Waals surface area (Å²) in [6.45, 7) is 2.10. The zero-order chi connectivity index (χ0) is 19.7. The number of fused-ring (bicyclic) bond motifs is 1. The van der Waals surface area contributed by atoms with Gasteiger partial charge in [0.2, 0.25) is 5.95 Å². The third kappa shape index (κ3) is 3.25. The first-order chi connectivity index (χ1) is 13.6. The van der Waals surface area contributed by atoms with E-state index in [0.29, 0.717) is 5.95 Å². The second-order valence-corrected chi connectivity index (χ2v) is 7.13. The van der Waals surface area contributed by atoms with Crippen molar-refractivity contribution in [2.45, 2.75) is 18.2 Å². The number of hydrogen-bond acceptors (Lipinski definition) is 5. The quantitative estimate of drug-likeness (QED) is 0.507.